The first-order valence-electron chi connectivity index (χ1n) is 8.03. The highest BCUT2D eigenvalue weighted by atomic mass is 79.9. The monoisotopic (exact) mass is 436 g/mol. The van der Waals surface area contributed by atoms with E-state index in [1.54, 1.807) is 17.0 Å². The van der Waals surface area contributed by atoms with Crippen molar-refractivity contribution in [2.75, 3.05) is 37.7 Å². The lowest BCUT2D eigenvalue weighted by molar-refractivity contribution is -0.122. The number of aliphatic hydroxyl groups is 1. The molecule has 1 aromatic rings. The number of carbonyl (C=O) groups excluding carboxylic acids is 1. The van der Waals surface area contributed by atoms with Gasteiger partial charge >= 0.3 is 0 Å². The second-order valence-electron chi connectivity index (χ2n) is 6.24. The molecule has 1 aliphatic rings. The molecule has 0 bridgehead atoms. The number of benzene rings is 1. The summed E-state index contributed by atoms with van der Waals surface area (Å²) in [5.74, 6) is -0.415. The first-order chi connectivity index (χ1) is 11.8. The summed E-state index contributed by atoms with van der Waals surface area (Å²) in [6.07, 6.45) is 0.562. The molecule has 6 nitrogen and oxygen atoms in total. The molecule has 2 rings (SSSR count). The van der Waals surface area contributed by atoms with E-state index >= 15 is 0 Å². The van der Waals surface area contributed by atoms with Gasteiger partial charge in [-0.05, 0) is 30.5 Å². The number of sulfone groups is 1. The van der Waals surface area contributed by atoms with Crippen LogP contribution >= 0.6 is 15.9 Å². The van der Waals surface area contributed by atoms with E-state index in [-0.39, 0.29) is 55.4 Å². The molecular formula is C16H22BrFN2O4S. The number of nitrogens with one attached hydrogen (secondary N) is 1. The first kappa shape index (κ1) is 20.3. The molecule has 140 valence electrons. The Morgan fingerprint density at radius 3 is 2.84 bits per heavy atom. The van der Waals surface area contributed by atoms with Gasteiger partial charge in [0.2, 0.25) is 5.91 Å². The molecule has 1 heterocycles. The molecule has 0 aromatic heterocycles. The predicted octanol–water partition coefficient (Wildman–Crippen LogP) is 0.933. The van der Waals surface area contributed by atoms with Crippen LogP contribution in [0, 0.1) is 11.7 Å². The standard InChI is InChI=1S/C16H22BrFN2O4S/c17-14-1-2-15(18)13(7-14)9-20(4-5-21)10-16(22)19-8-12-3-6-25(23,24)11-12/h1-2,7,12,21H,3-6,8-11H2,(H,19,22). The summed E-state index contributed by atoms with van der Waals surface area (Å²) in [5.41, 5.74) is 0.428. The molecule has 0 spiro atoms. The molecule has 2 N–H and O–H groups in total. The predicted molar refractivity (Wildman–Crippen MR) is 96.2 cm³/mol. The maximum Gasteiger partial charge on any atom is 0.234 e. The number of rotatable bonds is 8. The van der Waals surface area contributed by atoms with Gasteiger partial charge in [-0.2, -0.15) is 0 Å². The fourth-order valence-electron chi connectivity index (χ4n) is 2.81. The number of carbonyl (C=O) groups is 1. The average Bonchev–Trinajstić information content (AvgIpc) is 2.88. The Morgan fingerprint density at radius 2 is 2.20 bits per heavy atom. The van der Waals surface area contributed by atoms with E-state index in [0.29, 0.717) is 18.5 Å². The summed E-state index contributed by atoms with van der Waals surface area (Å²) in [7, 11) is -2.97. The third-order valence-corrected chi connectivity index (χ3v) is 6.43. The number of amides is 1. The van der Waals surface area contributed by atoms with E-state index < -0.39 is 9.84 Å². The minimum atomic E-state index is -2.97. The van der Waals surface area contributed by atoms with Crippen molar-refractivity contribution in [3.05, 3.63) is 34.1 Å². The van der Waals surface area contributed by atoms with Crippen LogP contribution in [-0.2, 0) is 21.2 Å². The van der Waals surface area contributed by atoms with Crippen LogP contribution in [0.4, 0.5) is 4.39 Å². The third kappa shape index (κ3) is 6.65. The van der Waals surface area contributed by atoms with Gasteiger partial charge in [0.05, 0.1) is 24.7 Å². The van der Waals surface area contributed by atoms with Crippen molar-refractivity contribution in [2.45, 2.75) is 13.0 Å². The Kier molecular flexibility index (Phi) is 7.36. The molecule has 1 aliphatic heterocycles. The summed E-state index contributed by atoms with van der Waals surface area (Å²) in [6, 6.07) is 4.58. The van der Waals surface area contributed by atoms with E-state index in [9.17, 15) is 17.6 Å². The maximum atomic E-state index is 13.9. The lowest BCUT2D eigenvalue weighted by Gasteiger charge is -2.21. The maximum absolute atomic E-state index is 13.9. The van der Waals surface area contributed by atoms with Crippen molar-refractivity contribution in [1.82, 2.24) is 10.2 Å². The molecule has 1 amide bonds. The van der Waals surface area contributed by atoms with Crippen LogP contribution < -0.4 is 5.32 Å². The van der Waals surface area contributed by atoms with Crippen LogP contribution in [0.25, 0.3) is 0 Å². The largest absolute Gasteiger partial charge is 0.395 e. The molecule has 1 unspecified atom stereocenters. The van der Waals surface area contributed by atoms with Crippen molar-refractivity contribution in [3.8, 4) is 0 Å². The molecule has 0 saturated carbocycles. The summed E-state index contributed by atoms with van der Waals surface area (Å²) in [5, 5.41) is 11.9. The van der Waals surface area contributed by atoms with Gasteiger partial charge in [-0.3, -0.25) is 9.69 Å². The summed E-state index contributed by atoms with van der Waals surface area (Å²) in [4.78, 5) is 13.7. The second kappa shape index (κ2) is 9.07. The van der Waals surface area contributed by atoms with Gasteiger partial charge in [-0.1, -0.05) is 15.9 Å². The molecule has 1 fully saturated rings. The third-order valence-electron chi connectivity index (χ3n) is 4.10. The zero-order chi connectivity index (χ0) is 18.4. The van der Waals surface area contributed by atoms with Gasteiger partial charge in [0.15, 0.2) is 9.84 Å². The summed E-state index contributed by atoms with van der Waals surface area (Å²) in [6.45, 7) is 0.597. The highest BCUT2D eigenvalue weighted by molar-refractivity contribution is 9.10. The molecular weight excluding hydrogens is 415 g/mol. The number of halogens is 2. The second-order valence-corrected chi connectivity index (χ2v) is 9.39. The van der Waals surface area contributed by atoms with Gasteiger partial charge in [-0.25, -0.2) is 12.8 Å². The molecule has 1 atom stereocenters. The molecule has 0 aliphatic carbocycles. The van der Waals surface area contributed by atoms with E-state index in [1.807, 2.05) is 0 Å². The highest BCUT2D eigenvalue weighted by Gasteiger charge is 2.28. The smallest absolute Gasteiger partial charge is 0.234 e. The Bertz CT molecular complexity index is 714. The number of hydrogen-bond acceptors (Lipinski definition) is 5. The quantitative estimate of drug-likeness (QED) is 0.632. The Labute approximate surface area is 155 Å². The summed E-state index contributed by atoms with van der Waals surface area (Å²) < 4.78 is 37.4. The molecule has 1 aromatic carbocycles. The van der Waals surface area contributed by atoms with Crippen molar-refractivity contribution >= 4 is 31.7 Å². The van der Waals surface area contributed by atoms with Crippen LogP contribution in [-0.4, -0.2) is 62.1 Å². The van der Waals surface area contributed by atoms with Crippen LogP contribution in [0.5, 0.6) is 0 Å². The van der Waals surface area contributed by atoms with Gasteiger partial charge in [-0.15, -0.1) is 0 Å². The number of hydrogen-bond donors (Lipinski definition) is 2. The molecule has 25 heavy (non-hydrogen) atoms. The summed E-state index contributed by atoms with van der Waals surface area (Å²) >= 11 is 3.28. The molecule has 9 heteroatoms. The van der Waals surface area contributed by atoms with Crippen molar-refractivity contribution < 1.29 is 22.7 Å². The lowest BCUT2D eigenvalue weighted by atomic mass is 10.1. The SMILES string of the molecule is O=C(CN(CCO)Cc1cc(Br)ccc1F)NCC1CCS(=O)(=O)C1. The zero-order valence-electron chi connectivity index (χ0n) is 13.7. The van der Waals surface area contributed by atoms with Gasteiger partial charge in [0.25, 0.3) is 0 Å². The van der Waals surface area contributed by atoms with E-state index in [1.165, 1.54) is 6.07 Å². The normalized spacial score (nSPS) is 19.3. The highest BCUT2D eigenvalue weighted by Crippen LogP contribution is 2.18. The average molecular weight is 437 g/mol. The van der Waals surface area contributed by atoms with Crippen LogP contribution in [0.1, 0.15) is 12.0 Å². The van der Waals surface area contributed by atoms with E-state index in [2.05, 4.69) is 21.2 Å². The molecule has 1 saturated heterocycles. The Hall–Kier alpha value is -1.03. The fraction of sp³-hybridized carbons (Fsp3) is 0.562. The van der Waals surface area contributed by atoms with Crippen molar-refractivity contribution in [1.29, 1.82) is 0 Å². The number of aliphatic hydroxyl groups excluding tert-OH is 1. The van der Waals surface area contributed by atoms with Crippen LogP contribution in [0.3, 0.4) is 0 Å². The zero-order valence-corrected chi connectivity index (χ0v) is 16.2. The Morgan fingerprint density at radius 1 is 1.44 bits per heavy atom. The van der Waals surface area contributed by atoms with E-state index in [0.717, 1.165) is 4.47 Å². The minimum absolute atomic E-state index is 0.00594. The number of nitrogens with zero attached hydrogens (tertiary/aromatic N) is 1. The van der Waals surface area contributed by atoms with E-state index in [4.69, 9.17) is 5.11 Å². The van der Waals surface area contributed by atoms with Crippen molar-refractivity contribution in [3.63, 3.8) is 0 Å². The van der Waals surface area contributed by atoms with Gasteiger partial charge in [0, 0.05) is 29.7 Å². The van der Waals surface area contributed by atoms with Crippen LogP contribution in [0.15, 0.2) is 22.7 Å². The minimum Gasteiger partial charge on any atom is -0.395 e. The van der Waals surface area contributed by atoms with Gasteiger partial charge in [0.1, 0.15) is 5.82 Å². The topological polar surface area (TPSA) is 86.7 Å². The lowest BCUT2D eigenvalue weighted by Crippen LogP contribution is -2.40. The van der Waals surface area contributed by atoms with Crippen molar-refractivity contribution in [2.24, 2.45) is 5.92 Å². The fourth-order valence-corrected chi connectivity index (χ4v) is 5.08. The van der Waals surface area contributed by atoms with Crippen LogP contribution in [0.2, 0.25) is 0 Å². The van der Waals surface area contributed by atoms with Gasteiger partial charge < -0.3 is 10.4 Å². The molecule has 0 radical (unpaired) electrons. The first-order valence-corrected chi connectivity index (χ1v) is 10.6. The Balaban J connectivity index is 1.87.